The van der Waals surface area contributed by atoms with Crippen molar-refractivity contribution in [3.8, 4) is 0 Å². The van der Waals surface area contributed by atoms with E-state index in [2.05, 4.69) is 10.3 Å². The van der Waals surface area contributed by atoms with Crippen LogP contribution in [0.3, 0.4) is 0 Å². The van der Waals surface area contributed by atoms with Gasteiger partial charge in [-0.05, 0) is 22.4 Å². The van der Waals surface area contributed by atoms with Crippen molar-refractivity contribution in [3.63, 3.8) is 0 Å². The van der Waals surface area contributed by atoms with Gasteiger partial charge in [-0.1, -0.05) is 53.8 Å². The molecule has 1 aromatic heterocycles. The van der Waals surface area contributed by atoms with Crippen LogP contribution in [0, 0.1) is 17.5 Å². The molecule has 1 amide bonds. The number of nitrogens with one attached hydrogen (secondary N) is 1. The number of fused-ring (bicyclic) bond motifs is 2. The molecule has 152 valence electrons. The summed E-state index contributed by atoms with van der Waals surface area (Å²) in [5.41, 5.74) is 0.381. The summed E-state index contributed by atoms with van der Waals surface area (Å²) in [6.45, 7) is -0.579. The summed E-state index contributed by atoms with van der Waals surface area (Å²) in [7, 11) is 0. The van der Waals surface area contributed by atoms with Crippen LogP contribution in [0.5, 0.6) is 0 Å². The zero-order chi connectivity index (χ0) is 21.3. The molecule has 4 aromatic rings. The maximum atomic E-state index is 13.7. The van der Waals surface area contributed by atoms with E-state index in [4.69, 9.17) is 4.74 Å². The first-order valence-corrected chi connectivity index (χ1v) is 9.60. The molecule has 3 aromatic carbocycles. The molecule has 0 aliphatic rings. The van der Waals surface area contributed by atoms with E-state index in [1.807, 2.05) is 36.4 Å². The Labute approximate surface area is 172 Å². The molecule has 1 N–H and O–H groups in total. The van der Waals surface area contributed by atoms with Crippen LogP contribution in [0.15, 0.2) is 48.5 Å². The Balaban J connectivity index is 1.38. The topological polar surface area (TPSA) is 68.3 Å². The molecule has 0 aliphatic heterocycles. The highest BCUT2D eigenvalue weighted by atomic mass is 32.1. The summed E-state index contributed by atoms with van der Waals surface area (Å²) >= 11 is 0.771. The normalized spacial score (nSPS) is 11.0. The number of aromatic nitrogens is 1. The van der Waals surface area contributed by atoms with Gasteiger partial charge in [-0.2, -0.15) is 0 Å². The first-order valence-electron chi connectivity index (χ1n) is 8.78. The minimum absolute atomic E-state index is 0.0143. The minimum Gasteiger partial charge on any atom is -0.455 e. The van der Waals surface area contributed by atoms with Crippen LogP contribution in [0.2, 0.25) is 0 Å². The highest BCUT2D eigenvalue weighted by Crippen LogP contribution is 2.30. The van der Waals surface area contributed by atoms with Crippen LogP contribution in [0.4, 0.5) is 18.3 Å². The highest BCUT2D eigenvalue weighted by Gasteiger charge is 2.18. The predicted octanol–water partition coefficient (Wildman–Crippen LogP) is 4.59. The Kier molecular flexibility index (Phi) is 5.37. The third-order valence-corrected chi connectivity index (χ3v) is 5.26. The predicted molar refractivity (Wildman–Crippen MR) is 107 cm³/mol. The lowest BCUT2D eigenvalue weighted by atomic mass is 10.0. The van der Waals surface area contributed by atoms with Crippen LogP contribution in [-0.2, 0) is 20.7 Å². The van der Waals surface area contributed by atoms with Crippen LogP contribution >= 0.6 is 11.3 Å². The summed E-state index contributed by atoms with van der Waals surface area (Å²) in [5, 5.41) is 4.16. The van der Waals surface area contributed by atoms with Crippen molar-refractivity contribution in [3.05, 3.63) is 71.5 Å². The number of benzene rings is 3. The van der Waals surface area contributed by atoms with Gasteiger partial charge in [0, 0.05) is 0 Å². The van der Waals surface area contributed by atoms with Crippen molar-refractivity contribution in [2.45, 2.75) is 6.42 Å². The van der Waals surface area contributed by atoms with Crippen molar-refractivity contribution in [2.24, 2.45) is 0 Å². The second kappa shape index (κ2) is 8.11. The Bertz CT molecular complexity index is 1280. The van der Waals surface area contributed by atoms with Gasteiger partial charge in [-0.15, -0.1) is 0 Å². The lowest BCUT2D eigenvalue weighted by molar-refractivity contribution is -0.146. The summed E-state index contributed by atoms with van der Waals surface area (Å²) in [5.74, 6) is -5.71. The summed E-state index contributed by atoms with van der Waals surface area (Å²) in [4.78, 5) is 27.9. The molecule has 0 unspecified atom stereocenters. The molecule has 0 bridgehead atoms. The van der Waals surface area contributed by atoms with Gasteiger partial charge in [-0.3, -0.25) is 14.9 Å². The summed E-state index contributed by atoms with van der Waals surface area (Å²) in [6, 6.07) is 13.9. The molecule has 0 spiro atoms. The number of nitrogens with zero attached hydrogens (tertiary/aromatic N) is 1. The number of esters is 1. The fourth-order valence-corrected chi connectivity index (χ4v) is 3.89. The maximum absolute atomic E-state index is 13.7. The van der Waals surface area contributed by atoms with E-state index in [-0.39, 0.29) is 21.8 Å². The van der Waals surface area contributed by atoms with Crippen LogP contribution in [-0.4, -0.2) is 23.5 Å². The molecular formula is C21H13F3N2O3S. The van der Waals surface area contributed by atoms with E-state index in [9.17, 15) is 22.8 Å². The van der Waals surface area contributed by atoms with Crippen LogP contribution < -0.4 is 5.32 Å². The number of hydrogen-bond acceptors (Lipinski definition) is 5. The Hall–Kier alpha value is -3.46. The maximum Gasteiger partial charge on any atom is 0.310 e. The lowest BCUT2D eigenvalue weighted by Gasteiger charge is -2.07. The van der Waals surface area contributed by atoms with Gasteiger partial charge >= 0.3 is 5.97 Å². The van der Waals surface area contributed by atoms with E-state index in [0.29, 0.717) is 0 Å². The second-order valence-corrected chi connectivity index (χ2v) is 7.41. The lowest BCUT2D eigenvalue weighted by Crippen LogP contribution is -2.21. The van der Waals surface area contributed by atoms with Crippen molar-refractivity contribution in [2.75, 3.05) is 11.9 Å². The molecule has 30 heavy (non-hydrogen) atoms. The number of amides is 1. The van der Waals surface area contributed by atoms with Crippen LogP contribution in [0.25, 0.3) is 21.0 Å². The zero-order valence-corrected chi connectivity index (χ0v) is 16.1. The first kappa shape index (κ1) is 19.8. The van der Waals surface area contributed by atoms with E-state index in [1.165, 1.54) is 0 Å². The van der Waals surface area contributed by atoms with E-state index in [1.54, 1.807) is 6.07 Å². The molecule has 0 aliphatic carbocycles. The molecular weight excluding hydrogens is 417 g/mol. The first-order chi connectivity index (χ1) is 14.4. The Morgan fingerprint density at radius 2 is 1.80 bits per heavy atom. The number of carbonyl (C=O) groups excluding carboxylic acids is 2. The van der Waals surface area contributed by atoms with Gasteiger partial charge in [0.05, 0.1) is 11.1 Å². The SMILES string of the molecule is O=C(COC(=O)Cc1cccc2ccccc12)Nc1nc2c(F)c(F)c(F)cc2s1. The van der Waals surface area contributed by atoms with Gasteiger partial charge < -0.3 is 4.74 Å². The third-order valence-electron chi connectivity index (χ3n) is 4.35. The molecule has 1 heterocycles. The van der Waals surface area contributed by atoms with Crippen molar-refractivity contribution >= 4 is 49.3 Å². The fourth-order valence-electron chi connectivity index (χ4n) is 2.98. The molecule has 0 saturated carbocycles. The third kappa shape index (κ3) is 3.97. The number of ether oxygens (including phenoxy) is 1. The molecule has 5 nitrogen and oxygen atoms in total. The molecule has 0 saturated heterocycles. The number of carbonyl (C=O) groups is 2. The number of hydrogen-bond donors (Lipinski definition) is 1. The smallest absolute Gasteiger partial charge is 0.310 e. The molecule has 0 atom stereocenters. The van der Waals surface area contributed by atoms with Gasteiger partial charge in [0.25, 0.3) is 5.91 Å². The van der Waals surface area contributed by atoms with Gasteiger partial charge in [-0.25, -0.2) is 18.2 Å². The van der Waals surface area contributed by atoms with E-state index >= 15 is 0 Å². The van der Waals surface area contributed by atoms with Gasteiger partial charge in [0.2, 0.25) is 0 Å². The highest BCUT2D eigenvalue weighted by molar-refractivity contribution is 7.22. The number of rotatable bonds is 5. The number of anilines is 1. The van der Waals surface area contributed by atoms with E-state index in [0.717, 1.165) is 33.7 Å². The second-order valence-electron chi connectivity index (χ2n) is 6.38. The quantitative estimate of drug-likeness (QED) is 0.371. The summed E-state index contributed by atoms with van der Waals surface area (Å²) < 4.78 is 45.3. The van der Waals surface area contributed by atoms with E-state index < -0.39 is 35.9 Å². The average molecular weight is 430 g/mol. The Morgan fingerprint density at radius 3 is 2.63 bits per heavy atom. The fraction of sp³-hybridized carbons (Fsp3) is 0.0952. The van der Waals surface area contributed by atoms with Crippen molar-refractivity contribution in [1.82, 2.24) is 4.98 Å². The largest absolute Gasteiger partial charge is 0.455 e. The average Bonchev–Trinajstić information content (AvgIpc) is 3.13. The van der Waals surface area contributed by atoms with Gasteiger partial charge in [0.1, 0.15) is 5.52 Å². The number of thiazole rings is 1. The standard InChI is InChI=1S/C21H13F3N2O3S/c22-14-9-15-20(19(24)18(14)23)26-21(30-15)25-16(27)10-29-17(28)8-12-6-3-5-11-4-1-2-7-13(11)12/h1-7,9H,8,10H2,(H,25,26,27). The van der Waals surface area contributed by atoms with Crippen molar-refractivity contribution < 1.29 is 27.5 Å². The summed E-state index contributed by atoms with van der Waals surface area (Å²) in [6.07, 6.45) is -0.0143. The monoisotopic (exact) mass is 430 g/mol. The zero-order valence-electron chi connectivity index (χ0n) is 15.2. The molecule has 0 fully saturated rings. The number of halogens is 3. The Morgan fingerprint density at radius 1 is 1.03 bits per heavy atom. The molecule has 4 rings (SSSR count). The van der Waals surface area contributed by atoms with Gasteiger partial charge in [0.15, 0.2) is 29.2 Å². The van der Waals surface area contributed by atoms with Crippen molar-refractivity contribution in [1.29, 1.82) is 0 Å². The molecule has 0 radical (unpaired) electrons. The minimum atomic E-state index is -1.63. The van der Waals surface area contributed by atoms with Crippen LogP contribution in [0.1, 0.15) is 5.56 Å². The molecule has 9 heteroatoms.